The van der Waals surface area contributed by atoms with Gasteiger partial charge in [-0.3, -0.25) is 9.69 Å². The Morgan fingerprint density at radius 3 is 2.58 bits per heavy atom. The third-order valence-corrected chi connectivity index (χ3v) is 6.82. The number of benzene rings is 1. The summed E-state index contributed by atoms with van der Waals surface area (Å²) in [6.45, 7) is -1.25. The second-order valence-electron chi connectivity index (χ2n) is 8.34. The van der Waals surface area contributed by atoms with Gasteiger partial charge in [0.25, 0.3) is 5.91 Å². The highest BCUT2D eigenvalue weighted by molar-refractivity contribution is 6.09. The molecular formula is C22H22F4N2O3. The molecule has 31 heavy (non-hydrogen) atoms. The number of ether oxygens (including phenoxy) is 1. The lowest BCUT2D eigenvalue weighted by Crippen LogP contribution is -2.56. The van der Waals surface area contributed by atoms with Gasteiger partial charge in [-0.2, -0.15) is 13.2 Å². The van der Waals surface area contributed by atoms with E-state index in [0.29, 0.717) is 37.7 Å². The van der Waals surface area contributed by atoms with E-state index in [2.05, 4.69) is 11.2 Å². The molecule has 166 valence electrons. The fourth-order valence-corrected chi connectivity index (χ4v) is 5.42. The van der Waals surface area contributed by atoms with Crippen molar-refractivity contribution in [1.29, 1.82) is 0 Å². The first-order chi connectivity index (χ1) is 14.7. The first kappa shape index (κ1) is 21.6. The van der Waals surface area contributed by atoms with Crippen molar-refractivity contribution in [3.8, 4) is 11.8 Å². The van der Waals surface area contributed by atoms with Crippen molar-refractivity contribution < 1.29 is 31.9 Å². The van der Waals surface area contributed by atoms with E-state index in [9.17, 15) is 27.2 Å². The Bertz CT molecular complexity index is 973. The molecule has 2 spiro atoms. The van der Waals surface area contributed by atoms with E-state index in [0.717, 1.165) is 10.5 Å². The number of carbonyl (C=O) groups is 2. The minimum atomic E-state index is -4.65. The van der Waals surface area contributed by atoms with Crippen molar-refractivity contribution in [2.75, 3.05) is 20.3 Å². The number of methoxy groups -OCH3 is 1. The molecule has 5 nitrogen and oxygen atoms in total. The number of hydrogen-bond donors (Lipinski definition) is 1. The molecule has 1 unspecified atom stereocenters. The van der Waals surface area contributed by atoms with Crippen molar-refractivity contribution >= 4 is 11.9 Å². The number of rotatable bonds is 3. The van der Waals surface area contributed by atoms with E-state index < -0.39 is 35.7 Å². The van der Waals surface area contributed by atoms with Gasteiger partial charge in [-0.15, -0.1) is 0 Å². The van der Waals surface area contributed by atoms with E-state index >= 15 is 0 Å². The summed E-state index contributed by atoms with van der Waals surface area (Å²) in [5, 5.41) is 2.82. The number of amides is 3. The van der Waals surface area contributed by atoms with E-state index in [-0.39, 0.29) is 18.2 Å². The lowest BCUT2D eigenvalue weighted by atomic mass is 9.61. The Balaban J connectivity index is 1.83. The van der Waals surface area contributed by atoms with Gasteiger partial charge in [-0.1, -0.05) is 12.0 Å². The Morgan fingerprint density at radius 2 is 1.97 bits per heavy atom. The van der Waals surface area contributed by atoms with Gasteiger partial charge in [0.05, 0.1) is 12.6 Å². The predicted molar refractivity (Wildman–Crippen MR) is 103 cm³/mol. The van der Waals surface area contributed by atoms with Crippen molar-refractivity contribution in [3.05, 3.63) is 34.9 Å². The van der Waals surface area contributed by atoms with Crippen molar-refractivity contribution in [3.63, 3.8) is 0 Å². The molecule has 2 aliphatic carbocycles. The second-order valence-corrected chi connectivity index (χ2v) is 8.34. The summed E-state index contributed by atoms with van der Waals surface area (Å²) < 4.78 is 56.2. The Labute approximate surface area is 177 Å². The van der Waals surface area contributed by atoms with Gasteiger partial charge in [0.2, 0.25) is 0 Å². The van der Waals surface area contributed by atoms with Crippen LogP contribution in [0.4, 0.5) is 22.4 Å². The predicted octanol–water partition coefficient (Wildman–Crippen LogP) is 3.45. The van der Waals surface area contributed by atoms with Crippen LogP contribution in [0.1, 0.15) is 42.4 Å². The summed E-state index contributed by atoms with van der Waals surface area (Å²) >= 11 is 0. The molecule has 3 aliphatic rings. The number of nitrogens with one attached hydrogen (secondary N) is 1. The maximum Gasteiger partial charge on any atom is 0.458 e. The topological polar surface area (TPSA) is 58.6 Å². The average molecular weight is 438 g/mol. The van der Waals surface area contributed by atoms with Gasteiger partial charge < -0.3 is 10.1 Å². The van der Waals surface area contributed by atoms with Gasteiger partial charge in [-0.25, -0.2) is 9.18 Å². The number of urea groups is 1. The zero-order chi connectivity index (χ0) is 22.4. The van der Waals surface area contributed by atoms with Crippen LogP contribution in [0.3, 0.4) is 0 Å². The number of imide groups is 1. The molecule has 1 saturated heterocycles. The Hall–Kier alpha value is -2.60. The van der Waals surface area contributed by atoms with Crippen molar-refractivity contribution in [1.82, 2.24) is 10.2 Å². The zero-order valence-corrected chi connectivity index (χ0v) is 16.9. The van der Waals surface area contributed by atoms with Gasteiger partial charge in [-0.05, 0) is 55.4 Å². The molecule has 3 amide bonds. The smallest absolute Gasteiger partial charge is 0.381 e. The highest BCUT2D eigenvalue weighted by Crippen LogP contribution is 2.60. The second kappa shape index (κ2) is 7.52. The Kier molecular flexibility index (Phi) is 5.24. The van der Waals surface area contributed by atoms with Crippen LogP contribution in [0.15, 0.2) is 18.2 Å². The minimum absolute atomic E-state index is 0.0359. The molecule has 1 aromatic carbocycles. The highest BCUT2D eigenvalue weighted by atomic mass is 19.4. The number of halogens is 4. The lowest BCUT2D eigenvalue weighted by Gasteiger charge is -2.46. The first-order valence-corrected chi connectivity index (χ1v) is 10.1. The summed E-state index contributed by atoms with van der Waals surface area (Å²) in [6, 6.07) is 3.94. The average Bonchev–Trinajstić information content (AvgIpc) is 3.14. The summed E-state index contributed by atoms with van der Waals surface area (Å²) in [4.78, 5) is 27.1. The van der Waals surface area contributed by atoms with Crippen molar-refractivity contribution in [2.45, 2.75) is 49.9 Å². The quantitative estimate of drug-likeness (QED) is 0.447. The number of carbonyl (C=O) groups excluding carboxylic acids is 2. The van der Waals surface area contributed by atoms with Crippen LogP contribution < -0.4 is 5.32 Å². The monoisotopic (exact) mass is 438 g/mol. The maximum atomic E-state index is 13.6. The van der Waals surface area contributed by atoms with Gasteiger partial charge >= 0.3 is 12.2 Å². The first-order valence-electron chi connectivity index (χ1n) is 10.1. The largest absolute Gasteiger partial charge is 0.458 e. The fraction of sp³-hybridized carbons (Fsp3) is 0.545. The van der Waals surface area contributed by atoms with E-state index in [1.165, 1.54) is 18.1 Å². The summed E-state index contributed by atoms with van der Waals surface area (Å²) in [5.41, 5.74) is -0.758. The highest BCUT2D eigenvalue weighted by Gasteiger charge is 2.68. The van der Waals surface area contributed by atoms with E-state index in [1.807, 2.05) is 0 Å². The molecule has 1 N–H and O–H groups in total. The molecule has 1 aromatic rings. The van der Waals surface area contributed by atoms with Gasteiger partial charge in [0, 0.05) is 24.0 Å². The third kappa shape index (κ3) is 3.37. The molecular weight excluding hydrogens is 416 g/mol. The van der Waals surface area contributed by atoms with Crippen LogP contribution in [-0.4, -0.2) is 49.4 Å². The molecule has 1 aliphatic heterocycles. The lowest BCUT2D eigenvalue weighted by molar-refractivity contribution is -0.138. The van der Waals surface area contributed by atoms with Gasteiger partial charge in [0.15, 0.2) is 5.54 Å². The number of fused-ring (bicyclic) bond motifs is 3. The summed E-state index contributed by atoms with van der Waals surface area (Å²) in [5.74, 6) is 2.79. The maximum absolute atomic E-state index is 13.6. The third-order valence-electron chi connectivity index (χ3n) is 6.82. The Morgan fingerprint density at radius 1 is 1.26 bits per heavy atom. The van der Waals surface area contributed by atoms with Crippen LogP contribution in [0.5, 0.6) is 0 Å². The number of alkyl halides is 4. The number of nitrogens with zero attached hydrogens (tertiary/aromatic N) is 1. The molecule has 2 fully saturated rings. The zero-order valence-electron chi connectivity index (χ0n) is 16.9. The van der Waals surface area contributed by atoms with Gasteiger partial charge in [0.1, 0.15) is 6.67 Å². The molecule has 4 rings (SSSR count). The van der Waals surface area contributed by atoms with E-state index in [1.54, 1.807) is 13.2 Å². The van der Waals surface area contributed by atoms with Crippen LogP contribution in [0.2, 0.25) is 0 Å². The molecule has 0 aromatic heterocycles. The standard InChI is InChI=1S/C22H22F4N2O3/c1-31-16-5-7-20(8-6-16)13-15-3-2-14(4-9-21(24,25)26)12-17(15)22(20)18(29)28(11-10-23)19(30)27-22/h2-3,12,16H,5-8,10-11,13H2,1H3,(H,27,30). The fourth-order valence-electron chi connectivity index (χ4n) is 5.42. The van der Waals surface area contributed by atoms with E-state index in [4.69, 9.17) is 4.74 Å². The molecule has 1 heterocycles. The molecule has 0 bridgehead atoms. The SMILES string of the molecule is COC1CCC2(CC1)Cc1ccc(C#CC(F)(F)F)cc1C21NC(=O)N(CCF)C1=O. The van der Waals surface area contributed by atoms with Crippen LogP contribution in [-0.2, 0) is 21.5 Å². The van der Waals surface area contributed by atoms with Crippen LogP contribution in [0.25, 0.3) is 0 Å². The van der Waals surface area contributed by atoms with Crippen LogP contribution >= 0.6 is 0 Å². The van der Waals surface area contributed by atoms with Crippen molar-refractivity contribution in [2.24, 2.45) is 5.41 Å². The molecule has 0 radical (unpaired) electrons. The molecule has 9 heteroatoms. The number of hydrogen-bond acceptors (Lipinski definition) is 3. The minimum Gasteiger partial charge on any atom is -0.381 e. The van der Waals surface area contributed by atoms with Crippen LogP contribution in [0, 0.1) is 17.3 Å². The molecule has 1 saturated carbocycles. The molecule has 1 atom stereocenters. The summed E-state index contributed by atoms with van der Waals surface area (Å²) in [6.07, 6.45) is -1.60. The normalized spacial score (nSPS) is 29.8. The summed E-state index contributed by atoms with van der Waals surface area (Å²) in [7, 11) is 1.62.